The number of hydrogen-bond acceptors (Lipinski definition) is 2. The summed E-state index contributed by atoms with van der Waals surface area (Å²) in [6.07, 6.45) is 3.67. The first-order chi connectivity index (χ1) is 8.24. The zero-order chi connectivity index (χ0) is 12.5. The molecule has 0 heterocycles. The first kappa shape index (κ1) is 13.3. The Morgan fingerprint density at radius 3 is 2.59 bits per heavy atom. The van der Waals surface area contributed by atoms with Gasteiger partial charge in [0.1, 0.15) is 0 Å². The summed E-state index contributed by atoms with van der Waals surface area (Å²) in [5.41, 5.74) is 1.14. The van der Waals surface area contributed by atoms with E-state index in [4.69, 9.17) is 5.11 Å². The SMILES string of the molecule is C=CCCN(CCCC(=O)O)c1ccccc1. The quantitative estimate of drug-likeness (QED) is 0.702. The van der Waals surface area contributed by atoms with Gasteiger partial charge in [-0.1, -0.05) is 24.3 Å². The van der Waals surface area contributed by atoms with Crippen molar-refractivity contribution in [1.82, 2.24) is 0 Å². The minimum absolute atomic E-state index is 0.220. The third-order valence-electron chi connectivity index (χ3n) is 2.54. The predicted molar refractivity (Wildman–Crippen MR) is 70.3 cm³/mol. The summed E-state index contributed by atoms with van der Waals surface area (Å²) >= 11 is 0. The van der Waals surface area contributed by atoms with Crippen molar-refractivity contribution in [1.29, 1.82) is 0 Å². The van der Waals surface area contributed by atoms with Gasteiger partial charge in [0.25, 0.3) is 0 Å². The molecule has 0 aliphatic heterocycles. The Balaban J connectivity index is 2.54. The van der Waals surface area contributed by atoms with Crippen LogP contribution in [0.15, 0.2) is 43.0 Å². The van der Waals surface area contributed by atoms with Gasteiger partial charge >= 0.3 is 5.97 Å². The zero-order valence-electron chi connectivity index (χ0n) is 10.0. The lowest BCUT2D eigenvalue weighted by atomic mass is 10.2. The van der Waals surface area contributed by atoms with Crippen LogP contribution in [0.4, 0.5) is 5.69 Å². The Morgan fingerprint density at radius 1 is 1.29 bits per heavy atom. The molecule has 0 fully saturated rings. The molecule has 92 valence electrons. The first-order valence-electron chi connectivity index (χ1n) is 5.86. The van der Waals surface area contributed by atoms with Crippen LogP contribution in [0, 0.1) is 0 Å². The second kappa shape index (κ2) is 7.49. The number of hydrogen-bond donors (Lipinski definition) is 1. The molecule has 1 N–H and O–H groups in total. The molecule has 0 atom stereocenters. The number of aliphatic carboxylic acids is 1. The molecule has 0 aliphatic carbocycles. The first-order valence-corrected chi connectivity index (χ1v) is 5.86. The molecule has 0 unspecified atom stereocenters. The van der Waals surface area contributed by atoms with E-state index in [-0.39, 0.29) is 6.42 Å². The number of carboxylic acid groups (broad SMARTS) is 1. The number of nitrogens with zero attached hydrogens (tertiary/aromatic N) is 1. The van der Waals surface area contributed by atoms with Crippen molar-refractivity contribution in [3.8, 4) is 0 Å². The van der Waals surface area contributed by atoms with Gasteiger partial charge in [0, 0.05) is 25.2 Å². The van der Waals surface area contributed by atoms with Crippen LogP contribution in [-0.2, 0) is 4.79 Å². The molecule has 1 aromatic rings. The van der Waals surface area contributed by atoms with E-state index in [0.717, 1.165) is 25.2 Å². The number of para-hydroxylation sites is 1. The van der Waals surface area contributed by atoms with Crippen LogP contribution in [0.2, 0.25) is 0 Å². The molecule has 1 aromatic carbocycles. The van der Waals surface area contributed by atoms with Gasteiger partial charge in [-0.25, -0.2) is 0 Å². The summed E-state index contributed by atoms with van der Waals surface area (Å²) in [6.45, 7) is 5.36. The van der Waals surface area contributed by atoms with Crippen molar-refractivity contribution < 1.29 is 9.90 Å². The topological polar surface area (TPSA) is 40.5 Å². The molecule has 0 saturated heterocycles. The fourth-order valence-corrected chi connectivity index (χ4v) is 1.68. The molecular weight excluding hydrogens is 214 g/mol. The third-order valence-corrected chi connectivity index (χ3v) is 2.54. The summed E-state index contributed by atoms with van der Waals surface area (Å²) in [5, 5.41) is 8.64. The average Bonchev–Trinajstić information content (AvgIpc) is 2.34. The summed E-state index contributed by atoms with van der Waals surface area (Å²) in [5.74, 6) is -0.735. The minimum Gasteiger partial charge on any atom is -0.481 e. The van der Waals surface area contributed by atoms with Gasteiger partial charge in [-0.15, -0.1) is 6.58 Å². The van der Waals surface area contributed by atoms with Gasteiger partial charge in [-0.05, 0) is 25.0 Å². The molecule has 0 amide bonds. The highest BCUT2D eigenvalue weighted by Gasteiger charge is 2.06. The van der Waals surface area contributed by atoms with Crippen LogP contribution in [0.5, 0.6) is 0 Å². The lowest BCUT2D eigenvalue weighted by Crippen LogP contribution is -2.25. The van der Waals surface area contributed by atoms with Crippen molar-refractivity contribution in [3.63, 3.8) is 0 Å². The fraction of sp³-hybridized carbons (Fsp3) is 0.357. The Bertz CT molecular complexity index is 348. The minimum atomic E-state index is -0.735. The van der Waals surface area contributed by atoms with E-state index in [1.807, 2.05) is 36.4 Å². The molecule has 0 radical (unpaired) electrons. The largest absolute Gasteiger partial charge is 0.481 e. The fourth-order valence-electron chi connectivity index (χ4n) is 1.68. The lowest BCUT2D eigenvalue weighted by molar-refractivity contribution is -0.137. The van der Waals surface area contributed by atoms with Crippen LogP contribution in [0.3, 0.4) is 0 Å². The summed E-state index contributed by atoms with van der Waals surface area (Å²) in [6, 6.07) is 10.1. The van der Waals surface area contributed by atoms with Crippen LogP contribution in [0.1, 0.15) is 19.3 Å². The molecule has 0 bridgehead atoms. The number of anilines is 1. The number of carboxylic acids is 1. The van der Waals surface area contributed by atoms with E-state index < -0.39 is 5.97 Å². The van der Waals surface area contributed by atoms with Gasteiger partial charge < -0.3 is 10.0 Å². The van der Waals surface area contributed by atoms with Crippen molar-refractivity contribution in [2.45, 2.75) is 19.3 Å². The standard InChI is InChI=1S/C14H19NO2/c1-2-3-11-15(12-7-10-14(16)17)13-8-5-4-6-9-13/h2,4-6,8-9H,1,3,7,10-12H2,(H,16,17). The Hall–Kier alpha value is -1.77. The summed E-state index contributed by atoms with van der Waals surface area (Å²) in [4.78, 5) is 12.7. The normalized spacial score (nSPS) is 9.88. The van der Waals surface area contributed by atoms with E-state index >= 15 is 0 Å². The van der Waals surface area contributed by atoms with Crippen LogP contribution in [0.25, 0.3) is 0 Å². The van der Waals surface area contributed by atoms with E-state index in [1.54, 1.807) is 0 Å². The number of rotatable bonds is 8. The smallest absolute Gasteiger partial charge is 0.303 e. The highest BCUT2D eigenvalue weighted by molar-refractivity contribution is 5.66. The molecule has 0 aromatic heterocycles. The van der Waals surface area contributed by atoms with Crippen molar-refractivity contribution in [2.75, 3.05) is 18.0 Å². The molecule has 1 rings (SSSR count). The second-order valence-corrected chi connectivity index (χ2v) is 3.90. The van der Waals surface area contributed by atoms with Gasteiger partial charge in [0.15, 0.2) is 0 Å². The molecule has 0 saturated carbocycles. The van der Waals surface area contributed by atoms with E-state index in [0.29, 0.717) is 6.42 Å². The van der Waals surface area contributed by atoms with Crippen molar-refractivity contribution >= 4 is 11.7 Å². The van der Waals surface area contributed by atoms with Gasteiger partial charge in [-0.3, -0.25) is 4.79 Å². The van der Waals surface area contributed by atoms with Crippen molar-refractivity contribution in [2.24, 2.45) is 0 Å². The maximum atomic E-state index is 10.5. The highest BCUT2D eigenvalue weighted by atomic mass is 16.4. The van der Waals surface area contributed by atoms with Crippen LogP contribution in [-0.4, -0.2) is 24.2 Å². The summed E-state index contributed by atoms with van der Waals surface area (Å²) < 4.78 is 0. The lowest BCUT2D eigenvalue weighted by Gasteiger charge is -2.24. The highest BCUT2D eigenvalue weighted by Crippen LogP contribution is 2.14. The molecule has 0 aliphatic rings. The van der Waals surface area contributed by atoms with E-state index in [1.165, 1.54) is 0 Å². The van der Waals surface area contributed by atoms with Crippen molar-refractivity contribution in [3.05, 3.63) is 43.0 Å². The Labute approximate surface area is 102 Å². The maximum absolute atomic E-state index is 10.5. The molecule has 3 nitrogen and oxygen atoms in total. The molecule has 3 heteroatoms. The Kier molecular flexibility index (Phi) is 5.86. The van der Waals surface area contributed by atoms with Gasteiger partial charge in [0.2, 0.25) is 0 Å². The van der Waals surface area contributed by atoms with E-state index in [2.05, 4.69) is 11.5 Å². The van der Waals surface area contributed by atoms with Gasteiger partial charge in [-0.2, -0.15) is 0 Å². The molecule has 0 spiro atoms. The Morgan fingerprint density at radius 2 is 2.00 bits per heavy atom. The molecule has 17 heavy (non-hydrogen) atoms. The van der Waals surface area contributed by atoms with Gasteiger partial charge in [0.05, 0.1) is 0 Å². The second-order valence-electron chi connectivity index (χ2n) is 3.90. The van der Waals surface area contributed by atoms with Crippen LogP contribution >= 0.6 is 0 Å². The average molecular weight is 233 g/mol. The third kappa shape index (κ3) is 5.20. The zero-order valence-corrected chi connectivity index (χ0v) is 10.0. The molecular formula is C14H19NO2. The maximum Gasteiger partial charge on any atom is 0.303 e. The van der Waals surface area contributed by atoms with Crippen LogP contribution < -0.4 is 4.90 Å². The number of carbonyl (C=O) groups is 1. The van der Waals surface area contributed by atoms with E-state index in [9.17, 15) is 4.79 Å². The summed E-state index contributed by atoms with van der Waals surface area (Å²) in [7, 11) is 0. The number of benzene rings is 1. The monoisotopic (exact) mass is 233 g/mol. The predicted octanol–water partition coefficient (Wildman–Crippen LogP) is 2.93.